The highest BCUT2D eigenvalue weighted by molar-refractivity contribution is 7.79. The van der Waals surface area contributed by atoms with Crippen LogP contribution in [0.1, 0.15) is 31.2 Å². The van der Waals surface area contributed by atoms with Gasteiger partial charge in [0.05, 0.1) is 6.26 Å². The molecule has 1 aromatic heterocycles. The van der Waals surface area contributed by atoms with Gasteiger partial charge in [0.15, 0.2) is 0 Å². The van der Waals surface area contributed by atoms with E-state index in [1.54, 1.807) is 0 Å². The fourth-order valence-corrected chi connectivity index (χ4v) is 2.73. The first kappa shape index (κ1) is 16.0. The summed E-state index contributed by atoms with van der Waals surface area (Å²) < 4.78 is 37.2. The third-order valence-corrected chi connectivity index (χ3v) is 3.57. The Morgan fingerprint density at radius 2 is 1.95 bits per heavy atom. The van der Waals surface area contributed by atoms with Gasteiger partial charge in [0.25, 0.3) is 0 Å². The lowest BCUT2D eigenvalue weighted by Gasteiger charge is -2.27. The molecule has 0 spiro atoms. The number of benzene rings is 1. The standard InChI is InChI=1S/C14H17NO.H2O4S/c1-10-8-11(6-7-15-10)13-9-16-14-5-3-2-4-12(13)14;1-5(2,3)4/h2-5,9-11,15H,6-8H2,1H3;(H2,1,2,3,4)/t10-,11+;/m0./s1. The van der Waals surface area contributed by atoms with E-state index in [2.05, 4.69) is 24.4 Å². The topological polar surface area (TPSA) is 99.8 Å². The lowest BCUT2D eigenvalue weighted by molar-refractivity contribution is 0.380. The van der Waals surface area contributed by atoms with Crippen molar-refractivity contribution in [2.45, 2.75) is 31.7 Å². The molecule has 3 rings (SSSR count). The van der Waals surface area contributed by atoms with E-state index in [1.807, 2.05) is 18.4 Å². The summed E-state index contributed by atoms with van der Waals surface area (Å²) in [5, 5.41) is 4.78. The van der Waals surface area contributed by atoms with Gasteiger partial charge >= 0.3 is 10.4 Å². The first-order valence-corrected chi connectivity index (χ1v) is 8.13. The average molecular weight is 313 g/mol. The Morgan fingerprint density at radius 3 is 2.62 bits per heavy atom. The van der Waals surface area contributed by atoms with Gasteiger partial charge in [-0.1, -0.05) is 18.2 Å². The molecule has 1 fully saturated rings. The van der Waals surface area contributed by atoms with E-state index in [1.165, 1.54) is 23.8 Å². The predicted molar refractivity (Wildman–Crippen MR) is 79.8 cm³/mol. The predicted octanol–water partition coefficient (Wildman–Crippen LogP) is 2.64. The van der Waals surface area contributed by atoms with Gasteiger partial charge in [-0.2, -0.15) is 8.42 Å². The van der Waals surface area contributed by atoms with Crippen molar-refractivity contribution < 1.29 is 21.9 Å². The molecule has 1 aliphatic heterocycles. The molecule has 2 atom stereocenters. The van der Waals surface area contributed by atoms with Gasteiger partial charge in [-0.25, -0.2) is 0 Å². The molecule has 0 aliphatic carbocycles. The monoisotopic (exact) mass is 313 g/mol. The molecule has 0 amide bonds. The zero-order chi connectivity index (χ0) is 15.5. The second-order valence-corrected chi connectivity index (χ2v) is 6.11. The molecule has 2 aromatic rings. The van der Waals surface area contributed by atoms with Crippen molar-refractivity contribution >= 4 is 21.4 Å². The average Bonchev–Trinajstić information content (AvgIpc) is 2.80. The zero-order valence-corrected chi connectivity index (χ0v) is 12.5. The van der Waals surface area contributed by atoms with Crippen LogP contribution >= 0.6 is 0 Å². The second kappa shape index (κ2) is 6.57. The van der Waals surface area contributed by atoms with Crippen LogP contribution in [0.4, 0.5) is 0 Å². The highest BCUT2D eigenvalue weighted by Crippen LogP contribution is 2.33. The zero-order valence-electron chi connectivity index (χ0n) is 11.7. The van der Waals surface area contributed by atoms with Crippen LogP contribution in [0.5, 0.6) is 0 Å². The summed E-state index contributed by atoms with van der Waals surface area (Å²) in [5.74, 6) is 0.653. The van der Waals surface area contributed by atoms with Gasteiger partial charge in [-0.15, -0.1) is 0 Å². The Labute approximate surface area is 123 Å². The molecule has 3 N–H and O–H groups in total. The molecule has 0 saturated carbocycles. The highest BCUT2D eigenvalue weighted by Gasteiger charge is 2.22. The Balaban J connectivity index is 0.000000282. The van der Waals surface area contributed by atoms with Crippen LogP contribution < -0.4 is 5.32 Å². The van der Waals surface area contributed by atoms with Crippen molar-refractivity contribution in [1.82, 2.24) is 5.32 Å². The van der Waals surface area contributed by atoms with E-state index >= 15 is 0 Å². The summed E-state index contributed by atoms with van der Waals surface area (Å²) in [5.41, 5.74) is 2.41. The summed E-state index contributed by atoms with van der Waals surface area (Å²) >= 11 is 0. The van der Waals surface area contributed by atoms with Crippen LogP contribution in [0.3, 0.4) is 0 Å². The lowest BCUT2D eigenvalue weighted by atomic mass is 9.87. The molecule has 2 heterocycles. The van der Waals surface area contributed by atoms with Gasteiger partial charge in [-0.05, 0) is 38.3 Å². The third-order valence-electron chi connectivity index (χ3n) is 3.57. The molecule has 1 aliphatic rings. The molecular weight excluding hydrogens is 294 g/mol. The van der Waals surface area contributed by atoms with Crippen LogP contribution in [0.25, 0.3) is 11.0 Å². The van der Waals surface area contributed by atoms with Crippen molar-refractivity contribution in [2.75, 3.05) is 6.54 Å². The van der Waals surface area contributed by atoms with Crippen molar-refractivity contribution in [3.05, 3.63) is 36.1 Å². The molecule has 7 heteroatoms. The minimum absolute atomic E-state index is 0.618. The van der Waals surface area contributed by atoms with Crippen molar-refractivity contribution in [3.63, 3.8) is 0 Å². The van der Waals surface area contributed by atoms with E-state index in [4.69, 9.17) is 21.9 Å². The Bertz CT molecular complexity index is 686. The smallest absolute Gasteiger partial charge is 0.394 e. The molecule has 21 heavy (non-hydrogen) atoms. The number of para-hydroxylation sites is 1. The number of fused-ring (bicyclic) bond motifs is 1. The number of nitrogens with one attached hydrogen (secondary N) is 1. The fraction of sp³-hybridized carbons (Fsp3) is 0.429. The number of furan rings is 1. The largest absolute Gasteiger partial charge is 0.464 e. The van der Waals surface area contributed by atoms with Crippen LogP contribution in [0, 0.1) is 0 Å². The third kappa shape index (κ3) is 4.82. The number of hydrogen-bond donors (Lipinski definition) is 3. The summed E-state index contributed by atoms with van der Waals surface area (Å²) in [4.78, 5) is 0. The molecule has 1 saturated heterocycles. The summed E-state index contributed by atoms with van der Waals surface area (Å²) in [7, 11) is -4.67. The summed E-state index contributed by atoms with van der Waals surface area (Å²) in [6.45, 7) is 3.37. The quantitative estimate of drug-likeness (QED) is 0.700. The first-order valence-electron chi connectivity index (χ1n) is 6.74. The molecule has 0 unspecified atom stereocenters. The van der Waals surface area contributed by atoms with E-state index in [9.17, 15) is 0 Å². The molecule has 0 radical (unpaired) electrons. The Hall–Kier alpha value is -1.41. The maximum absolute atomic E-state index is 8.74. The van der Waals surface area contributed by atoms with E-state index < -0.39 is 10.4 Å². The van der Waals surface area contributed by atoms with Crippen LogP contribution in [-0.2, 0) is 10.4 Å². The van der Waals surface area contributed by atoms with Gasteiger partial charge in [0, 0.05) is 17.0 Å². The van der Waals surface area contributed by atoms with E-state index in [0.717, 1.165) is 12.1 Å². The van der Waals surface area contributed by atoms with E-state index in [-0.39, 0.29) is 0 Å². The lowest BCUT2D eigenvalue weighted by Crippen LogP contribution is -2.34. The Morgan fingerprint density at radius 1 is 1.29 bits per heavy atom. The van der Waals surface area contributed by atoms with Gasteiger partial charge in [-0.3, -0.25) is 9.11 Å². The minimum atomic E-state index is -4.67. The first-order chi connectivity index (χ1) is 9.84. The normalized spacial score (nSPS) is 22.6. The van der Waals surface area contributed by atoms with E-state index in [0.29, 0.717) is 12.0 Å². The maximum atomic E-state index is 8.74. The molecular formula is C14H19NO5S. The van der Waals surface area contributed by atoms with Crippen LogP contribution in [-0.4, -0.2) is 30.1 Å². The van der Waals surface area contributed by atoms with Crippen molar-refractivity contribution in [2.24, 2.45) is 0 Å². The molecule has 0 bridgehead atoms. The van der Waals surface area contributed by atoms with Gasteiger partial charge < -0.3 is 9.73 Å². The molecule has 1 aromatic carbocycles. The fourth-order valence-electron chi connectivity index (χ4n) is 2.73. The SMILES string of the molecule is C[C@H]1C[C@H](c2coc3ccccc23)CCN1.O=S(=O)(O)O. The van der Waals surface area contributed by atoms with Gasteiger partial charge in [0.1, 0.15) is 5.58 Å². The maximum Gasteiger partial charge on any atom is 0.394 e. The second-order valence-electron chi connectivity index (χ2n) is 5.21. The Kier molecular flexibility index (Phi) is 5.00. The van der Waals surface area contributed by atoms with Gasteiger partial charge in [0.2, 0.25) is 0 Å². The number of rotatable bonds is 1. The minimum Gasteiger partial charge on any atom is -0.464 e. The van der Waals surface area contributed by atoms with Crippen LogP contribution in [0.2, 0.25) is 0 Å². The number of piperidine rings is 1. The highest BCUT2D eigenvalue weighted by atomic mass is 32.3. The number of hydrogen-bond acceptors (Lipinski definition) is 4. The molecule has 116 valence electrons. The summed E-state index contributed by atoms with van der Waals surface area (Å²) in [6.07, 6.45) is 4.38. The summed E-state index contributed by atoms with van der Waals surface area (Å²) in [6, 6.07) is 8.95. The van der Waals surface area contributed by atoms with Crippen LogP contribution in [0.15, 0.2) is 34.9 Å². The van der Waals surface area contributed by atoms with Crippen molar-refractivity contribution in [3.8, 4) is 0 Å². The van der Waals surface area contributed by atoms with Crippen molar-refractivity contribution in [1.29, 1.82) is 0 Å². The molecule has 6 nitrogen and oxygen atoms in total.